The molecule has 1 N–H and O–H groups in total. The van der Waals surface area contributed by atoms with Gasteiger partial charge in [-0.3, -0.25) is 9.47 Å². The van der Waals surface area contributed by atoms with Crippen molar-refractivity contribution < 1.29 is 0 Å². The van der Waals surface area contributed by atoms with Crippen LogP contribution < -0.4 is 5.32 Å². The largest absolute Gasteiger partial charge is 0.312 e. The maximum Gasteiger partial charge on any atom is 0.110 e. The summed E-state index contributed by atoms with van der Waals surface area (Å²) in [6.45, 7) is 8.53. The number of aryl methyl sites for hydroxylation is 1. The van der Waals surface area contributed by atoms with Crippen LogP contribution in [0.2, 0.25) is 0 Å². The molecule has 1 aliphatic heterocycles. The Bertz CT molecular complexity index is 567. The zero-order valence-electron chi connectivity index (χ0n) is 12.6. The normalized spacial score (nSPS) is 19.2. The van der Waals surface area contributed by atoms with Gasteiger partial charge in [-0.2, -0.15) is 0 Å². The van der Waals surface area contributed by atoms with Crippen molar-refractivity contribution in [2.24, 2.45) is 0 Å². The standard InChI is InChI=1S/C16H22N4.ClH/c1-13-11-19(9-8-17-13)12-16-10-18-14(2)20(16)15-6-4-3-5-7-15;/h3-7,10,13,17H,8-9,11-12H2,1-2H3;1H/t13-;/m0./s1. The van der Waals surface area contributed by atoms with Gasteiger partial charge in [0.15, 0.2) is 0 Å². The van der Waals surface area contributed by atoms with Crippen molar-refractivity contribution in [1.29, 1.82) is 0 Å². The van der Waals surface area contributed by atoms with Crippen LogP contribution in [0.15, 0.2) is 36.5 Å². The van der Waals surface area contributed by atoms with E-state index in [1.54, 1.807) is 0 Å². The first kappa shape index (κ1) is 16.0. The average Bonchev–Trinajstić information content (AvgIpc) is 2.81. The molecule has 0 unspecified atom stereocenters. The predicted octanol–water partition coefficient (Wildman–Crippen LogP) is 2.40. The van der Waals surface area contributed by atoms with Gasteiger partial charge >= 0.3 is 0 Å². The van der Waals surface area contributed by atoms with Crippen molar-refractivity contribution in [3.63, 3.8) is 0 Å². The van der Waals surface area contributed by atoms with Gasteiger partial charge in [-0.05, 0) is 26.0 Å². The summed E-state index contributed by atoms with van der Waals surface area (Å²) in [5.41, 5.74) is 2.46. The molecule has 4 nitrogen and oxygen atoms in total. The molecule has 114 valence electrons. The molecule has 1 aromatic heterocycles. The van der Waals surface area contributed by atoms with Gasteiger partial charge in [0.25, 0.3) is 0 Å². The van der Waals surface area contributed by atoms with E-state index in [1.165, 1.54) is 11.4 Å². The van der Waals surface area contributed by atoms with Crippen molar-refractivity contribution in [2.45, 2.75) is 26.4 Å². The van der Waals surface area contributed by atoms with E-state index in [0.717, 1.165) is 32.0 Å². The number of benzene rings is 1. The molecule has 1 fully saturated rings. The third kappa shape index (κ3) is 3.64. The van der Waals surface area contributed by atoms with Crippen molar-refractivity contribution in [1.82, 2.24) is 19.8 Å². The molecule has 1 atom stereocenters. The monoisotopic (exact) mass is 306 g/mol. The van der Waals surface area contributed by atoms with Crippen molar-refractivity contribution >= 4 is 12.4 Å². The number of hydrogen-bond donors (Lipinski definition) is 1. The Morgan fingerprint density at radius 2 is 2.05 bits per heavy atom. The molecule has 2 aromatic rings. The maximum atomic E-state index is 4.50. The Hall–Kier alpha value is -1.36. The average molecular weight is 307 g/mol. The molecule has 0 aliphatic carbocycles. The Kier molecular flexibility index (Phi) is 5.39. The van der Waals surface area contributed by atoms with Crippen LogP contribution in [0.4, 0.5) is 0 Å². The molecule has 1 saturated heterocycles. The second kappa shape index (κ2) is 7.07. The molecule has 5 heteroatoms. The molecule has 0 bridgehead atoms. The highest BCUT2D eigenvalue weighted by atomic mass is 35.5. The van der Waals surface area contributed by atoms with Crippen LogP contribution in [0.5, 0.6) is 0 Å². The minimum atomic E-state index is 0. The third-order valence-electron chi connectivity index (χ3n) is 3.86. The zero-order valence-corrected chi connectivity index (χ0v) is 13.4. The van der Waals surface area contributed by atoms with E-state index in [2.05, 4.69) is 57.9 Å². The van der Waals surface area contributed by atoms with Gasteiger partial charge in [0, 0.05) is 37.9 Å². The molecule has 0 radical (unpaired) electrons. The quantitative estimate of drug-likeness (QED) is 0.945. The topological polar surface area (TPSA) is 33.1 Å². The van der Waals surface area contributed by atoms with E-state index in [-0.39, 0.29) is 12.4 Å². The Morgan fingerprint density at radius 1 is 1.29 bits per heavy atom. The number of halogens is 1. The van der Waals surface area contributed by atoms with Crippen molar-refractivity contribution in [3.05, 3.63) is 48.0 Å². The third-order valence-corrected chi connectivity index (χ3v) is 3.86. The van der Waals surface area contributed by atoms with Gasteiger partial charge in [0.2, 0.25) is 0 Å². The van der Waals surface area contributed by atoms with E-state index in [9.17, 15) is 0 Å². The highest BCUT2D eigenvalue weighted by Gasteiger charge is 2.18. The van der Waals surface area contributed by atoms with Crippen LogP contribution in [-0.4, -0.2) is 40.1 Å². The summed E-state index contributed by atoms with van der Waals surface area (Å²) < 4.78 is 2.26. The molecule has 1 aromatic carbocycles. The van der Waals surface area contributed by atoms with Crippen LogP contribution in [0.1, 0.15) is 18.4 Å². The van der Waals surface area contributed by atoms with E-state index in [1.807, 2.05) is 12.3 Å². The Balaban J connectivity index is 0.00000161. The molecular formula is C16H23ClN4. The number of nitrogens with one attached hydrogen (secondary N) is 1. The molecule has 0 amide bonds. The summed E-state index contributed by atoms with van der Waals surface area (Å²) in [6.07, 6.45) is 2.01. The lowest BCUT2D eigenvalue weighted by molar-refractivity contribution is 0.197. The summed E-state index contributed by atoms with van der Waals surface area (Å²) in [5, 5.41) is 3.49. The van der Waals surface area contributed by atoms with E-state index in [4.69, 9.17) is 0 Å². The lowest BCUT2D eigenvalue weighted by Gasteiger charge is -2.31. The number of rotatable bonds is 3. The molecule has 1 aliphatic rings. The van der Waals surface area contributed by atoms with Gasteiger partial charge < -0.3 is 5.32 Å². The molecule has 0 spiro atoms. The second-order valence-electron chi connectivity index (χ2n) is 5.56. The molecule has 3 rings (SSSR count). The van der Waals surface area contributed by atoms with Gasteiger partial charge in [-0.15, -0.1) is 12.4 Å². The summed E-state index contributed by atoms with van der Waals surface area (Å²) in [6, 6.07) is 11.0. The van der Waals surface area contributed by atoms with Crippen LogP contribution in [-0.2, 0) is 6.54 Å². The first-order valence-electron chi connectivity index (χ1n) is 7.28. The smallest absolute Gasteiger partial charge is 0.110 e. The fourth-order valence-electron chi connectivity index (χ4n) is 2.92. The SMILES string of the molecule is Cc1ncc(CN2CCN[C@@H](C)C2)n1-c1ccccc1.Cl. The van der Waals surface area contributed by atoms with Crippen LogP contribution >= 0.6 is 12.4 Å². The highest BCUT2D eigenvalue weighted by molar-refractivity contribution is 5.85. The number of para-hydroxylation sites is 1. The highest BCUT2D eigenvalue weighted by Crippen LogP contribution is 2.16. The summed E-state index contributed by atoms with van der Waals surface area (Å²) in [7, 11) is 0. The lowest BCUT2D eigenvalue weighted by atomic mass is 10.2. The predicted molar refractivity (Wildman–Crippen MR) is 88.3 cm³/mol. The van der Waals surface area contributed by atoms with Gasteiger partial charge in [-0.25, -0.2) is 4.98 Å². The second-order valence-corrected chi connectivity index (χ2v) is 5.56. The number of hydrogen-bond acceptors (Lipinski definition) is 3. The molecule has 2 heterocycles. The Morgan fingerprint density at radius 3 is 2.76 bits per heavy atom. The van der Waals surface area contributed by atoms with Crippen LogP contribution in [0, 0.1) is 6.92 Å². The lowest BCUT2D eigenvalue weighted by Crippen LogP contribution is -2.48. The van der Waals surface area contributed by atoms with E-state index < -0.39 is 0 Å². The maximum absolute atomic E-state index is 4.50. The fraction of sp³-hybridized carbons (Fsp3) is 0.438. The van der Waals surface area contributed by atoms with Gasteiger partial charge in [-0.1, -0.05) is 18.2 Å². The van der Waals surface area contributed by atoms with Crippen LogP contribution in [0.3, 0.4) is 0 Å². The van der Waals surface area contributed by atoms with Gasteiger partial charge in [0.05, 0.1) is 11.9 Å². The molecule has 21 heavy (non-hydrogen) atoms. The number of aromatic nitrogens is 2. The van der Waals surface area contributed by atoms with E-state index in [0.29, 0.717) is 6.04 Å². The number of nitrogens with zero attached hydrogens (tertiary/aromatic N) is 3. The first-order valence-corrected chi connectivity index (χ1v) is 7.28. The van der Waals surface area contributed by atoms with Crippen molar-refractivity contribution in [3.8, 4) is 5.69 Å². The van der Waals surface area contributed by atoms with Gasteiger partial charge in [0.1, 0.15) is 5.82 Å². The fourth-order valence-corrected chi connectivity index (χ4v) is 2.92. The zero-order chi connectivity index (χ0) is 13.9. The number of imidazole rings is 1. The molecular weight excluding hydrogens is 284 g/mol. The minimum Gasteiger partial charge on any atom is -0.312 e. The van der Waals surface area contributed by atoms with E-state index >= 15 is 0 Å². The number of piperazine rings is 1. The summed E-state index contributed by atoms with van der Waals surface area (Å²) in [4.78, 5) is 7.00. The summed E-state index contributed by atoms with van der Waals surface area (Å²) in [5.74, 6) is 1.05. The Labute approximate surface area is 132 Å². The van der Waals surface area contributed by atoms with Crippen molar-refractivity contribution in [2.75, 3.05) is 19.6 Å². The van der Waals surface area contributed by atoms with Crippen LogP contribution in [0.25, 0.3) is 5.69 Å². The molecule has 0 saturated carbocycles. The minimum absolute atomic E-state index is 0. The summed E-state index contributed by atoms with van der Waals surface area (Å²) >= 11 is 0. The first-order chi connectivity index (χ1) is 9.74.